The topological polar surface area (TPSA) is 17.1 Å². The first-order chi connectivity index (χ1) is 6.71. The van der Waals surface area contributed by atoms with Crippen molar-refractivity contribution in [2.75, 3.05) is 0 Å². The minimum atomic E-state index is 0.323. The van der Waals surface area contributed by atoms with E-state index in [4.69, 9.17) is 0 Å². The molecule has 0 radical (unpaired) electrons. The highest BCUT2D eigenvalue weighted by molar-refractivity contribution is 6.13. The molecule has 1 nitrogen and oxygen atoms in total. The minimum absolute atomic E-state index is 0.323. The molecule has 0 aliphatic heterocycles. The van der Waals surface area contributed by atoms with E-state index in [1.54, 1.807) is 0 Å². The molecule has 0 fully saturated rings. The highest BCUT2D eigenvalue weighted by Crippen LogP contribution is 2.36. The Kier molecular flexibility index (Phi) is 3.68. The van der Waals surface area contributed by atoms with Gasteiger partial charge in [0, 0.05) is 11.1 Å². The fraction of sp³-hybridized carbons (Fsp3) is 0.615. The van der Waals surface area contributed by atoms with E-state index in [2.05, 4.69) is 27.7 Å². The standard InChI is InChI=1S/C13H20O/c1-5-9-10(6-2)12(8-4)13(14)11(9)7-3/h5-8H2,1-4H3. The van der Waals surface area contributed by atoms with E-state index < -0.39 is 0 Å². The molecule has 0 unspecified atom stereocenters. The first-order valence-corrected chi connectivity index (χ1v) is 5.70. The van der Waals surface area contributed by atoms with Gasteiger partial charge in [0.05, 0.1) is 0 Å². The third kappa shape index (κ3) is 1.56. The molecule has 0 N–H and O–H groups in total. The molecule has 1 aliphatic rings. The van der Waals surface area contributed by atoms with E-state index in [1.165, 1.54) is 11.1 Å². The van der Waals surface area contributed by atoms with E-state index in [0.717, 1.165) is 36.8 Å². The summed E-state index contributed by atoms with van der Waals surface area (Å²) in [5.41, 5.74) is 4.80. The molecule has 0 spiro atoms. The zero-order chi connectivity index (χ0) is 10.7. The summed E-state index contributed by atoms with van der Waals surface area (Å²) < 4.78 is 0. The van der Waals surface area contributed by atoms with E-state index in [1.807, 2.05) is 0 Å². The second kappa shape index (κ2) is 4.59. The van der Waals surface area contributed by atoms with Crippen molar-refractivity contribution in [2.24, 2.45) is 0 Å². The molecule has 1 aliphatic carbocycles. The fourth-order valence-electron chi connectivity index (χ4n) is 2.42. The lowest BCUT2D eigenvalue weighted by Crippen LogP contribution is -2.00. The van der Waals surface area contributed by atoms with Crippen LogP contribution < -0.4 is 0 Å². The van der Waals surface area contributed by atoms with Crippen LogP contribution in [0.4, 0.5) is 0 Å². The average Bonchev–Trinajstić information content (AvgIpc) is 2.48. The van der Waals surface area contributed by atoms with Gasteiger partial charge in [-0.3, -0.25) is 4.79 Å². The van der Waals surface area contributed by atoms with Gasteiger partial charge in [0.25, 0.3) is 0 Å². The summed E-state index contributed by atoms with van der Waals surface area (Å²) in [7, 11) is 0. The molecule has 1 heteroatoms. The Morgan fingerprint density at radius 3 is 1.14 bits per heavy atom. The summed E-state index contributed by atoms with van der Waals surface area (Å²) >= 11 is 0. The van der Waals surface area contributed by atoms with Crippen LogP contribution in [0.3, 0.4) is 0 Å². The van der Waals surface area contributed by atoms with Crippen molar-refractivity contribution in [1.82, 2.24) is 0 Å². The van der Waals surface area contributed by atoms with Crippen LogP contribution in [0.15, 0.2) is 22.3 Å². The second-order valence-electron chi connectivity index (χ2n) is 3.66. The number of ketones is 1. The molecule has 0 amide bonds. The van der Waals surface area contributed by atoms with Crippen LogP contribution in [0, 0.1) is 0 Å². The smallest absolute Gasteiger partial charge is 0.185 e. The maximum atomic E-state index is 12.0. The molecule has 0 aromatic rings. The zero-order valence-electron chi connectivity index (χ0n) is 9.74. The summed E-state index contributed by atoms with van der Waals surface area (Å²) in [5.74, 6) is 0.323. The van der Waals surface area contributed by atoms with Crippen LogP contribution in [0.25, 0.3) is 0 Å². The molecule has 0 atom stereocenters. The molecular weight excluding hydrogens is 172 g/mol. The molecule has 0 saturated heterocycles. The van der Waals surface area contributed by atoms with Gasteiger partial charge in [0.1, 0.15) is 0 Å². The van der Waals surface area contributed by atoms with Gasteiger partial charge in [-0.1, -0.05) is 27.7 Å². The molecule has 78 valence electrons. The zero-order valence-corrected chi connectivity index (χ0v) is 9.74. The Morgan fingerprint density at radius 2 is 0.929 bits per heavy atom. The lowest BCUT2D eigenvalue weighted by molar-refractivity contribution is -0.112. The maximum Gasteiger partial charge on any atom is 0.185 e. The number of allylic oxidation sites excluding steroid dienone is 4. The van der Waals surface area contributed by atoms with Crippen LogP contribution in [-0.2, 0) is 4.79 Å². The lowest BCUT2D eigenvalue weighted by atomic mass is 9.99. The third-order valence-electron chi connectivity index (χ3n) is 3.06. The third-order valence-corrected chi connectivity index (χ3v) is 3.06. The molecule has 0 heterocycles. The molecule has 0 bridgehead atoms. The van der Waals surface area contributed by atoms with Crippen molar-refractivity contribution < 1.29 is 4.79 Å². The maximum absolute atomic E-state index is 12.0. The van der Waals surface area contributed by atoms with Crippen LogP contribution in [0.2, 0.25) is 0 Å². The molecule has 0 aromatic carbocycles. The van der Waals surface area contributed by atoms with Gasteiger partial charge in [0.2, 0.25) is 0 Å². The van der Waals surface area contributed by atoms with Gasteiger partial charge < -0.3 is 0 Å². The number of hydrogen-bond donors (Lipinski definition) is 0. The molecule has 0 saturated carbocycles. The Hall–Kier alpha value is -0.850. The van der Waals surface area contributed by atoms with Crippen LogP contribution in [0.5, 0.6) is 0 Å². The summed E-state index contributed by atoms with van der Waals surface area (Å²) in [6.07, 6.45) is 3.77. The SMILES string of the molecule is CCC1=C(CC)C(CC)=C(CC)C1=O. The molecule has 1 rings (SSSR count). The predicted molar refractivity (Wildman–Crippen MR) is 60.2 cm³/mol. The first-order valence-electron chi connectivity index (χ1n) is 5.70. The average molecular weight is 192 g/mol. The monoisotopic (exact) mass is 192 g/mol. The highest BCUT2D eigenvalue weighted by Gasteiger charge is 2.27. The first kappa shape index (κ1) is 11.2. The molecule has 0 aromatic heterocycles. The number of carbonyl (C=O) groups excluding carboxylic acids is 1. The summed E-state index contributed by atoms with van der Waals surface area (Å²) in [6, 6.07) is 0. The normalized spacial score (nSPS) is 17.3. The van der Waals surface area contributed by atoms with Gasteiger partial charge in [-0.2, -0.15) is 0 Å². The van der Waals surface area contributed by atoms with Gasteiger partial charge in [-0.25, -0.2) is 0 Å². The molecule has 14 heavy (non-hydrogen) atoms. The van der Waals surface area contributed by atoms with Gasteiger partial charge in [0.15, 0.2) is 5.78 Å². The number of carbonyl (C=O) groups is 1. The summed E-state index contributed by atoms with van der Waals surface area (Å²) in [4.78, 5) is 12.0. The van der Waals surface area contributed by atoms with E-state index in [9.17, 15) is 4.79 Å². The Balaban J connectivity index is 3.20. The highest BCUT2D eigenvalue weighted by atomic mass is 16.1. The predicted octanol–water partition coefficient (Wildman–Crippen LogP) is 3.80. The van der Waals surface area contributed by atoms with E-state index in [0.29, 0.717) is 5.78 Å². The number of Topliss-reactive ketones (excluding diaryl/α,β-unsaturated/α-hetero) is 1. The minimum Gasteiger partial charge on any atom is -0.289 e. The van der Waals surface area contributed by atoms with Crippen molar-refractivity contribution in [3.63, 3.8) is 0 Å². The van der Waals surface area contributed by atoms with Crippen molar-refractivity contribution >= 4 is 5.78 Å². The number of hydrogen-bond acceptors (Lipinski definition) is 1. The van der Waals surface area contributed by atoms with E-state index in [-0.39, 0.29) is 0 Å². The van der Waals surface area contributed by atoms with Crippen molar-refractivity contribution in [2.45, 2.75) is 53.4 Å². The van der Waals surface area contributed by atoms with Crippen molar-refractivity contribution in [3.8, 4) is 0 Å². The summed E-state index contributed by atoms with van der Waals surface area (Å²) in [6.45, 7) is 8.45. The van der Waals surface area contributed by atoms with Gasteiger partial charge >= 0.3 is 0 Å². The van der Waals surface area contributed by atoms with Gasteiger partial charge in [-0.15, -0.1) is 0 Å². The summed E-state index contributed by atoms with van der Waals surface area (Å²) in [5, 5.41) is 0. The molecular formula is C13H20O. The number of rotatable bonds is 4. The van der Waals surface area contributed by atoms with Crippen molar-refractivity contribution in [3.05, 3.63) is 22.3 Å². The lowest BCUT2D eigenvalue weighted by Gasteiger charge is -2.05. The van der Waals surface area contributed by atoms with Crippen LogP contribution in [-0.4, -0.2) is 5.78 Å². The van der Waals surface area contributed by atoms with E-state index >= 15 is 0 Å². The van der Waals surface area contributed by atoms with Crippen LogP contribution >= 0.6 is 0 Å². The fourth-order valence-corrected chi connectivity index (χ4v) is 2.42. The Bertz CT molecular complexity index is 275. The second-order valence-corrected chi connectivity index (χ2v) is 3.66. The Morgan fingerprint density at radius 1 is 0.643 bits per heavy atom. The Labute approximate surface area is 86.9 Å². The van der Waals surface area contributed by atoms with Crippen molar-refractivity contribution in [1.29, 1.82) is 0 Å². The largest absolute Gasteiger partial charge is 0.289 e. The van der Waals surface area contributed by atoms with Gasteiger partial charge in [-0.05, 0) is 36.8 Å². The quantitative estimate of drug-likeness (QED) is 0.662. The van der Waals surface area contributed by atoms with Crippen LogP contribution in [0.1, 0.15) is 53.4 Å².